The van der Waals surface area contributed by atoms with Gasteiger partial charge in [-0.3, -0.25) is 14.9 Å². The topological polar surface area (TPSA) is 168 Å². The van der Waals surface area contributed by atoms with Crippen LogP contribution in [0.3, 0.4) is 0 Å². The van der Waals surface area contributed by atoms with E-state index < -0.39 is 59.8 Å². The highest BCUT2D eigenvalue weighted by Crippen LogP contribution is 2.47. The summed E-state index contributed by atoms with van der Waals surface area (Å²) in [5.41, 5.74) is 1.78. The van der Waals surface area contributed by atoms with Crippen molar-refractivity contribution in [2.75, 3.05) is 39.8 Å². The molecule has 15 heteroatoms. The minimum absolute atomic E-state index is 0.0420. The van der Waals surface area contributed by atoms with Crippen LogP contribution in [-0.2, 0) is 47.9 Å². The molecule has 4 bridgehead atoms. The average Bonchev–Trinajstić information content (AvgIpc) is 3.83. The molecule has 302 valence electrons. The van der Waals surface area contributed by atoms with Crippen molar-refractivity contribution in [1.82, 2.24) is 15.5 Å². The Hall–Kier alpha value is -4.47. The lowest BCUT2D eigenvalue weighted by atomic mass is 9.90. The molecule has 2 saturated heterocycles. The summed E-state index contributed by atoms with van der Waals surface area (Å²) in [5.74, 6) is -1.15. The van der Waals surface area contributed by atoms with Crippen LogP contribution in [0, 0.1) is 0 Å². The predicted octanol–water partition coefficient (Wildman–Crippen LogP) is 4.23. The maximum absolute atomic E-state index is 14.2. The quantitative estimate of drug-likeness (QED) is 0.283. The van der Waals surface area contributed by atoms with E-state index in [4.69, 9.17) is 35.3 Å². The van der Waals surface area contributed by atoms with Gasteiger partial charge in [-0.2, -0.15) is 0 Å². The van der Waals surface area contributed by atoms with E-state index in [0.29, 0.717) is 23.4 Å². The van der Waals surface area contributed by atoms with Crippen LogP contribution >= 0.6 is 11.6 Å². The second-order valence-corrected chi connectivity index (χ2v) is 15.6. The first-order chi connectivity index (χ1) is 26.6. The average molecular weight is 795 g/mol. The Morgan fingerprint density at radius 2 is 1.93 bits per heavy atom. The smallest absolute Gasteiger partial charge is 0.409 e. The number of nitrogens with one attached hydrogen (secondary N) is 2. The maximum atomic E-state index is 14.2. The Morgan fingerprint density at radius 1 is 1.16 bits per heavy atom. The minimum Gasteiger partial charge on any atom is -0.495 e. The third-order valence-electron chi connectivity index (χ3n) is 11.3. The van der Waals surface area contributed by atoms with Gasteiger partial charge in [-0.25, -0.2) is 9.59 Å². The highest BCUT2D eigenvalue weighted by molar-refractivity contribution is 6.35. The summed E-state index contributed by atoms with van der Waals surface area (Å²) >= 11 is 6.78. The number of hydrogen-bond donors (Lipinski definition) is 3. The highest BCUT2D eigenvalue weighted by Gasteiger charge is 2.61. The van der Waals surface area contributed by atoms with Crippen molar-refractivity contribution in [3.63, 3.8) is 0 Å². The zero-order chi connectivity index (χ0) is 40.5. The summed E-state index contributed by atoms with van der Waals surface area (Å²) in [6, 6.07) is 8.10. The van der Waals surface area contributed by atoms with Crippen molar-refractivity contribution < 1.29 is 48.0 Å². The molecule has 7 atom stereocenters. The Morgan fingerprint density at radius 3 is 2.66 bits per heavy atom. The minimum atomic E-state index is -1.81. The molecule has 4 aliphatic rings. The fourth-order valence-electron chi connectivity index (χ4n) is 7.64. The van der Waals surface area contributed by atoms with Crippen LogP contribution in [0.2, 0.25) is 5.02 Å². The van der Waals surface area contributed by atoms with Crippen LogP contribution in [0.5, 0.6) is 5.75 Å². The van der Waals surface area contributed by atoms with Gasteiger partial charge in [-0.1, -0.05) is 41.5 Å². The molecule has 3 N–H and O–H groups in total. The van der Waals surface area contributed by atoms with E-state index in [2.05, 4.69) is 10.6 Å². The number of fused-ring (bicyclic) bond motifs is 6. The van der Waals surface area contributed by atoms with E-state index in [9.17, 15) is 24.3 Å². The molecule has 2 fully saturated rings. The summed E-state index contributed by atoms with van der Waals surface area (Å²) in [4.78, 5) is 57.2. The van der Waals surface area contributed by atoms with Gasteiger partial charge in [0.2, 0.25) is 5.91 Å². The van der Waals surface area contributed by atoms with Gasteiger partial charge < -0.3 is 43.9 Å². The van der Waals surface area contributed by atoms with Crippen molar-refractivity contribution in [3.8, 4) is 5.75 Å². The zero-order valence-electron chi connectivity index (χ0n) is 32.8. The number of epoxide rings is 1. The van der Waals surface area contributed by atoms with E-state index in [1.54, 1.807) is 51.2 Å². The number of nitrogens with zero attached hydrogens (tertiary/aromatic N) is 2. The molecule has 3 amide bonds. The number of carbonyl (C=O) groups excluding carboxylic acids is 4. The maximum Gasteiger partial charge on any atom is 0.409 e. The Balaban J connectivity index is 1.31. The third-order valence-corrected chi connectivity index (χ3v) is 11.7. The number of hydrogen-bond acceptors (Lipinski definition) is 11. The van der Waals surface area contributed by atoms with Crippen molar-refractivity contribution in [2.45, 2.75) is 101 Å². The van der Waals surface area contributed by atoms with Crippen molar-refractivity contribution in [3.05, 3.63) is 81.4 Å². The molecule has 0 spiro atoms. The van der Waals surface area contributed by atoms with Gasteiger partial charge in [0.05, 0.1) is 25.3 Å². The summed E-state index contributed by atoms with van der Waals surface area (Å²) in [6.07, 6.45) is 1.91. The van der Waals surface area contributed by atoms with Crippen LogP contribution in [0.15, 0.2) is 54.1 Å². The molecule has 0 aromatic heterocycles. The van der Waals surface area contributed by atoms with E-state index in [1.807, 2.05) is 25.1 Å². The summed E-state index contributed by atoms with van der Waals surface area (Å²) < 4.78 is 29.1. The van der Waals surface area contributed by atoms with E-state index in [-0.39, 0.29) is 30.2 Å². The SMILES string of the molecule is COc1cc2cc(c1Cl)N(C)C(=O)C[C@H](OC(=O)[C@H](C)N(C)C(=O)c1ccc3c(c1)CCNC3)[C@]1(C)O[C@H]1C[C@@H]1C[C@@](O)(NC(=O)O1)[C@H](OC)/C=C/C=C(\C)C2. The molecule has 56 heavy (non-hydrogen) atoms. The Kier molecular flexibility index (Phi) is 12.2. The van der Waals surface area contributed by atoms with Gasteiger partial charge in [0.1, 0.15) is 40.7 Å². The first kappa shape index (κ1) is 41.2. The Bertz CT molecular complexity index is 1940. The van der Waals surface area contributed by atoms with Gasteiger partial charge in [-0.15, -0.1) is 0 Å². The van der Waals surface area contributed by atoms with Gasteiger partial charge in [0, 0.05) is 46.2 Å². The number of allylic oxidation sites excluding steroid dienone is 3. The van der Waals surface area contributed by atoms with E-state index in [1.165, 1.54) is 31.1 Å². The van der Waals surface area contributed by atoms with Crippen LogP contribution in [0.1, 0.15) is 67.1 Å². The van der Waals surface area contributed by atoms with Gasteiger partial charge in [-0.05, 0) is 81.1 Å². The second-order valence-electron chi connectivity index (χ2n) is 15.3. The van der Waals surface area contributed by atoms with Crippen molar-refractivity contribution in [2.24, 2.45) is 0 Å². The molecule has 0 radical (unpaired) electrons. The van der Waals surface area contributed by atoms with Crippen LogP contribution in [0.4, 0.5) is 10.5 Å². The van der Waals surface area contributed by atoms with Crippen LogP contribution in [0.25, 0.3) is 0 Å². The number of aliphatic hydroxyl groups is 1. The molecule has 0 saturated carbocycles. The van der Waals surface area contributed by atoms with Gasteiger partial charge in [0.25, 0.3) is 5.91 Å². The number of benzene rings is 2. The number of alkyl carbamates (subject to hydrolysis) is 1. The Labute approximate surface area is 332 Å². The van der Waals surface area contributed by atoms with Crippen molar-refractivity contribution in [1.29, 1.82) is 0 Å². The number of amides is 3. The molecular formula is C41H51ClN4O10. The lowest BCUT2D eigenvalue weighted by Gasteiger charge is -2.40. The van der Waals surface area contributed by atoms with Crippen molar-refractivity contribution >= 4 is 41.2 Å². The third kappa shape index (κ3) is 8.59. The monoisotopic (exact) mass is 794 g/mol. The van der Waals surface area contributed by atoms with E-state index >= 15 is 0 Å². The number of carbonyl (C=O) groups is 4. The first-order valence-corrected chi connectivity index (χ1v) is 19.1. The molecule has 4 aliphatic heterocycles. The zero-order valence-corrected chi connectivity index (χ0v) is 33.6. The molecule has 2 aromatic rings. The largest absolute Gasteiger partial charge is 0.495 e. The summed E-state index contributed by atoms with van der Waals surface area (Å²) in [5, 5.41) is 17.7. The number of ether oxygens (including phenoxy) is 5. The van der Waals surface area contributed by atoms with Crippen LogP contribution in [-0.4, -0.2) is 111 Å². The predicted molar refractivity (Wildman–Crippen MR) is 208 cm³/mol. The van der Waals surface area contributed by atoms with Crippen LogP contribution < -0.4 is 20.3 Å². The molecule has 14 nitrogen and oxygen atoms in total. The van der Waals surface area contributed by atoms with E-state index in [0.717, 1.165) is 41.8 Å². The summed E-state index contributed by atoms with van der Waals surface area (Å²) in [6.45, 7) is 6.75. The fourth-order valence-corrected chi connectivity index (χ4v) is 7.95. The highest BCUT2D eigenvalue weighted by atomic mass is 35.5. The number of halogens is 1. The molecular weight excluding hydrogens is 744 g/mol. The lowest BCUT2D eigenvalue weighted by Crippen LogP contribution is -2.62. The molecule has 4 heterocycles. The molecule has 6 rings (SSSR count). The molecule has 0 aliphatic carbocycles. The van der Waals surface area contributed by atoms with Gasteiger partial charge >= 0.3 is 12.1 Å². The number of likely N-dealkylation sites (N-methyl/N-ethyl adjacent to an activating group) is 1. The van der Waals surface area contributed by atoms with Gasteiger partial charge in [0.15, 0.2) is 5.72 Å². The second kappa shape index (κ2) is 16.6. The fraction of sp³-hybridized carbons (Fsp3) is 0.512. The first-order valence-electron chi connectivity index (χ1n) is 18.8. The number of esters is 1. The normalized spacial score (nSPS) is 29.9. The molecule has 0 unspecified atom stereocenters. The number of anilines is 1. The lowest BCUT2D eigenvalue weighted by molar-refractivity contribution is -0.158. The number of methoxy groups -OCH3 is 2. The summed E-state index contributed by atoms with van der Waals surface area (Å²) in [7, 11) is 6.04. The molecule has 2 aromatic carbocycles. The standard InChI is InChI=1S/C41H51ClN4O10/c1-23-9-8-10-32(53-7)41(51)21-29(54-39(50)44-41)19-34-40(3,56-34)33(20-35(47)46(5)30-16-25(15-23)17-31(52-6)36(30)42)55-38(49)24(2)45(4)37(48)27-11-12-28-22-43-14-13-26(28)18-27/h8-12,16-18,24,29,32-34,43,51H,13-15,19-22H2,1-7H3,(H,44,50)/b10-8+,23-9+/t24-,29+,32+,33-,34-,40-,41-/m0/s1. The number of rotatable bonds is 6.